The van der Waals surface area contributed by atoms with E-state index in [9.17, 15) is 9.59 Å². The highest BCUT2D eigenvalue weighted by molar-refractivity contribution is 6.03. The number of nitrogens with zero attached hydrogens (tertiary/aromatic N) is 1. The summed E-state index contributed by atoms with van der Waals surface area (Å²) in [4.78, 5) is 28.9. The number of carbonyl (C=O) groups excluding carboxylic acids is 2. The van der Waals surface area contributed by atoms with Crippen LogP contribution in [0.5, 0.6) is 5.75 Å². The number of para-hydroxylation sites is 1. The number of methoxy groups -OCH3 is 1. The van der Waals surface area contributed by atoms with Crippen molar-refractivity contribution < 1.29 is 14.3 Å². The molecule has 0 bridgehead atoms. The summed E-state index contributed by atoms with van der Waals surface area (Å²) < 4.78 is 5.43. The summed E-state index contributed by atoms with van der Waals surface area (Å²) in [5.74, 6) is 0.728. The van der Waals surface area contributed by atoms with Crippen LogP contribution in [0.2, 0.25) is 0 Å². The van der Waals surface area contributed by atoms with Crippen LogP contribution >= 0.6 is 0 Å². The normalized spacial score (nSPS) is 23.0. The molecule has 2 fully saturated rings. The molecule has 4 rings (SSSR count). The first-order valence-corrected chi connectivity index (χ1v) is 10.8. The van der Waals surface area contributed by atoms with E-state index in [0.29, 0.717) is 17.2 Å². The molecule has 3 atom stereocenters. The van der Waals surface area contributed by atoms with Gasteiger partial charge in [-0.2, -0.15) is 0 Å². The molecule has 2 aromatic rings. The second kappa shape index (κ2) is 8.50. The number of ether oxygens (including phenoxy) is 1. The number of amides is 2. The molecule has 1 heterocycles. The molecule has 2 aliphatic rings. The molecule has 0 radical (unpaired) electrons. The van der Waals surface area contributed by atoms with Gasteiger partial charge < -0.3 is 15.0 Å². The number of fused-ring (bicyclic) bond motifs is 1. The Bertz CT molecular complexity index is 955. The van der Waals surface area contributed by atoms with E-state index < -0.39 is 6.04 Å². The van der Waals surface area contributed by atoms with Gasteiger partial charge in [-0.15, -0.1) is 0 Å². The minimum absolute atomic E-state index is 0.0960. The van der Waals surface area contributed by atoms with Gasteiger partial charge in [0.25, 0.3) is 5.91 Å². The Morgan fingerprint density at radius 3 is 2.63 bits per heavy atom. The summed E-state index contributed by atoms with van der Waals surface area (Å²) in [6.45, 7) is 4.00. The molecule has 5 heteroatoms. The topological polar surface area (TPSA) is 58.6 Å². The number of hydrogen-bond acceptors (Lipinski definition) is 3. The van der Waals surface area contributed by atoms with Crippen LogP contribution in [0.1, 0.15) is 53.6 Å². The van der Waals surface area contributed by atoms with Crippen molar-refractivity contribution in [3.8, 4) is 5.75 Å². The maximum atomic E-state index is 13.6. The number of rotatable bonds is 4. The summed E-state index contributed by atoms with van der Waals surface area (Å²) in [7, 11) is 1.57. The van der Waals surface area contributed by atoms with Crippen molar-refractivity contribution in [3.63, 3.8) is 0 Å². The predicted molar refractivity (Wildman–Crippen MR) is 118 cm³/mol. The monoisotopic (exact) mass is 406 g/mol. The Morgan fingerprint density at radius 2 is 1.83 bits per heavy atom. The Morgan fingerprint density at radius 1 is 1.07 bits per heavy atom. The van der Waals surface area contributed by atoms with E-state index in [2.05, 4.69) is 5.32 Å². The fraction of sp³-hybridized carbons (Fsp3) is 0.440. The fourth-order valence-electron chi connectivity index (χ4n) is 5.03. The molecule has 158 valence electrons. The average Bonchev–Trinajstić information content (AvgIpc) is 3.15. The van der Waals surface area contributed by atoms with Crippen LogP contribution in [0.25, 0.3) is 0 Å². The van der Waals surface area contributed by atoms with Gasteiger partial charge in [-0.1, -0.05) is 37.1 Å². The molecule has 2 amide bonds. The smallest absolute Gasteiger partial charge is 0.258 e. The van der Waals surface area contributed by atoms with Gasteiger partial charge in [0.1, 0.15) is 11.8 Å². The molecule has 0 spiro atoms. The van der Waals surface area contributed by atoms with Gasteiger partial charge in [0.2, 0.25) is 5.91 Å². The zero-order chi connectivity index (χ0) is 21.3. The summed E-state index contributed by atoms with van der Waals surface area (Å²) in [6.07, 6.45) is 5.03. The Kier molecular flexibility index (Phi) is 5.80. The van der Waals surface area contributed by atoms with Crippen molar-refractivity contribution in [1.29, 1.82) is 0 Å². The minimum Gasteiger partial charge on any atom is -0.496 e. The second-order valence-corrected chi connectivity index (χ2v) is 8.58. The van der Waals surface area contributed by atoms with Crippen molar-refractivity contribution in [3.05, 3.63) is 59.2 Å². The lowest BCUT2D eigenvalue weighted by atomic mass is 9.84. The number of hydrogen-bond donors (Lipinski definition) is 1. The summed E-state index contributed by atoms with van der Waals surface area (Å²) in [5, 5.41) is 3.10. The molecule has 5 nitrogen and oxygen atoms in total. The summed E-state index contributed by atoms with van der Waals surface area (Å²) in [5.41, 5.74) is 3.46. The number of nitrogens with one attached hydrogen (secondary N) is 1. The first-order chi connectivity index (χ1) is 14.5. The highest BCUT2D eigenvalue weighted by Crippen LogP contribution is 2.41. The zero-order valence-electron chi connectivity index (χ0n) is 18.0. The molecule has 30 heavy (non-hydrogen) atoms. The number of anilines is 1. The number of benzene rings is 2. The van der Waals surface area contributed by atoms with E-state index in [-0.39, 0.29) is 17.9 Å². The van der Waals surface area contributed by atoms with Crippen LogP contribution in [0.15, 0.2) is 42.5 Å². The van der Waals surface area contributed by atoms with Crippen molar-refractivity contribution in [1.82, 2.24) is 4.90 Å². The van der Waals surface area contributed by atoms with Gasteiger partial charge in [-0.3, -0.25) is 9.59 Å². The lowest BCUT2D eigenvalue weighted by Gasteiger charge is -2.34. The maximum Gasteiger partial charge on any atom is 0.258 e. The first kappa shape index (κ1) is 20.5. The Labute approximate surface area is 178 Å². The molecular weight excluding hydrogens is 376 g/mol. The van der Waals surface area contributed by atoms with Gasteiger partial charge in [0, 0.05) is 11.7 Å². The van der Waals surface area contributed by atoms with Crippen molar-refractivity contribution in [2.45, 2.75) is 58.0 Å². The van der Waals surface area contributed by atoms with E-state index in [4.69, 9.17) is 4.74 Å². The van der Waals surface area contributed by atoms with Crippen LogP contribution in [-0.4, -0.2) is 35.9 Å². The Balaban J connectivity index is 1.65. The average molecular weight is 407 g/mol. The van der Waals surface area contributed by atoms with Gasteiger partial charge >= 0.3 is 0 Å². The third-order valence-corrected chi connectivity index (χ3v) is 6.61. The molecule has 1 aliphatic carbocycles. The number of carbonyl (C=O) groups is 2. The van der Waals surface area contributed by atoms with Gasteiger partial charge in [-0.05, 0) is 68.4 Å². The lowest BCUT2D eigenvalue weighted by molar-refractivity contribution is -0.120. The fourth-order valence-corrected chi connectivity index (χ4v) is 5.03. The third-order valence-electron chi connectivity index (χ3n) is 6.61. The van der Waals surface area contributed by atoms with Crippen LogP contribution < -0.4 is 10.1 Å². The molecule has 1 aliphatic heterocycles. The van der Waals surface area contributed by atoms with Gasteiger partial charge in [0.15, 0.2) is 0 Å². The molecule has 0 aromatic heterocycles. The van der Waals surface area contributed by atoms with E-state index in [1.807, 2.05) is 49.1 Å². The quantitative estimate of drug-likeness (QED) is 0.799. The second-order valence-electron chi connectivity index (χ2n) is 8.58. The van der Waals surface area contributed by atoms with Crippen molar-refractivity contribution in [2.24, 2.45) is 5.92 Å². The lowest BCUT2D eigenvalue weighted by Crippen LogP contribution is -2.48. The molecular formula is C25H30N2O3. The largest absolute Gasteiger partial charge is 0.496 e. The summed E-state index contributed by atoms with van der Waals surface area (Å²) >= 11 is 0. The molecule has 2 aromatic carbocycles. The van der Waals surface area contributed by atoms with Crippen molar-refractivity contribution in [2.75, 3.05) is 12.4 Å². The minimum atomic E-state index is -0.463. The van der Waals surface area contributed by atoms with Gasteiger partial charge in [0.05, 0.1) is 12.7 Å². The number of aryl methyl sites for hydroxylation is 2. The SMILES string of the molecule is COc1ccccc1C(=O)N1C(C(=O)Nc2cc(C)ccc2C)CC2CCCCC21. The van der Waals surface area contributed by atoms with Gasteiger partial charge in [-0.25, -0.2) is 0 Å². The van der Waals surface area contributed by atoms with Crippen LogP contribution in [-0.2, 0) is 4.79 Å². The van der Waals surface area contributed by atoms with Crippen LogP contribution in [0.4, 0.5) is 5.69 Å². The zero-order valence-corrected chi connectivity index (χ0v) is 18.0. The Hall–Kier alpha value is -2.82. The third kappa shape index (κ3) is 3.81. The summed E-state index contributed by atoms with van der Waals surface area (Å²) in [6, 6.07) is 13.0. The van der Waals surface area contributed by atoms with Crippen molar-refractivity contribution >= 4 is 17.5 Å². The molecule has 1 saturated heterocycles. The van der Waals surface area contributed by atoms with E-state index >= 15 is 0 Å². The number of likely N-dealkylation sites (tertiary alicyclic amines) is 1. The van der Waals surface area contributed by atoms with Crippen LogP contribution in [0.3, 0.4) is 0 Å². The molecule has 1 saturated carbocycles. The first-order valence-electron chi connectivity index (χ1n) is 10.8. The van der Waals surface area contributed by atoms with E-state index in [1.165, 1.54) is 6.42 Å². The molecule has 1 N–H and O–H groups in total. The highest BCUT2D eigenvalue weighted by atomic mass is 16.5. The van der Waals surface area contributed by atoms with Crippen LogP contribution in [0, 0.1) is 19.8 Å². The standard InChI is InChI=1S/C25H30N2O3/c1-16-12-13-17(2)20(14-16)26-24(28)22-15-18-8-4-6-10-21(18)27(22)25(29)19-9-5-7-11-23(19)30-3/h5,7,9,11-14,18,21-22H,4,6,8,10,15H2,1-3H3,(H,26,28). The highest BCUT2D eigenvalue weighted by Gasteiger charge is 2.48. The van der Waals surface area contributed by atoms with E-state index in [0.717, 1.165) is 42.5 Å². The molecule has 3 unspecified atom stereocenters. The van der Waals surface area contributed by atoms with E-state index in [1.54, 1.807) is 19.2 Å². The predicted octanol–water partition coefficient (Wildman–Crippen LogP) is 4.72. The maximum absolute atomic E-state index is 13.6.